The maximum atomic E-state index is 8.79. The van der Waals surface area contributed by atoms with Gasteiger partial charge in [0, 0.05) is 0 Å². The molecule has 3 rings (SSSR count). The molecule has 0 atom stereocenters. The van der Waals surface area contributed by atoms with Crippen molar-refractivity contribution >= 4 is 23.5 Å². The van der Waals surface area contributed by atoms with Gasteiger partial charge < -0.3 is 8.83 Å². The summed E-state index contributed by atoms with van der Waals surface area (Å²) >= 11 is 1.57. The molecule has 0 aromatic carbocycles. The van der Waals surface area contributed by atoms with Crippen molar-refractivity contribution in [3.05, 3.63) is 105 Å². The van der Waals surface area contributed by atoms with Gasteiger partial charge in [0.15, 0.2) is 0 Å². The first-order chi connectivity index (χ1) is 16.0. The van der Waals surface area contributed by atoms with Crippen molar-refractivity contribution in [2.24, 2.45) is 0 Å². The minimum atomic E-state index is 0.00738. The Morgan fingerprint density at radius 2 is 1.24 bits per heavy atom. The molecule has 0 amide bonds. The second-order valence-electron chi connectivity index (χ2n) is 6.68. The molecule has 0 aliphatic heterocycles. The molecule has 3 heterocycles. The number of thiophene rings is 1. The summed E-state index contributed by atoms with van der Waals surface area (Å²) in [7, 11) is 0. The smallest absolute Gasteiger partial charge is 0.261 e. The summed E-state index contributed by atoms with van der Waals surface area (Å²) in [5.41, 5.74) is 2.19. The van der Waals surface area contributed by atoms with Gasteiger partial charge >= 0.3 is 0 Å². The number of allylic oxidation sites excluding steroid dienone is 6. The predicted octanol–water partition coefficient (Wildman–Crippen LogP) is 7.56. The van der Waals surface area contributed by atoms with Gasteiger partial charge in [0.05, 0.1) is 35.0 Å². The topological polar surface area (TPSA) is 82.6 Å². The SMILES string of the molecule is [C-]#[N+]/C(C#N)=C\C=C\c1ccc(-c2sc(-c3ccc(/C=C/C=C(\C#N)[N+]#[C-])o3)c(C)c2C)o1. The van der Waals surface area contributed by atoms with Crippen LogP contribution in [0, 0.1) is 49.7 Å². The number of hydrogen-bond donors (Lipinski definition) is 0. The monoisotopic (exact) mass is 448 g/mol. The van der Waals surface area contributed by atoms with E-state index in [1.54, 1.807) is 35.6 Å². The Morgan fingerprint density at radius 3 is 1.61 bits per heavy atom. The van der Waals surface area contributed by atoms with Gasteiger partial charge in [-0.1, -0.05) is 12.2 Å². The molecular weight excluding hydrogens is 432 g/mol. The van der Waals surface area contributed by atoms with E-state index in [9.17, 15) is 0 Å². The zero-order valence-corrected chi connectivity index (χ0v) is 18.6. The summed E-state index contributed by atoms with van der Waals surface area (Å²) in [5.74, 6) is 2.68. The van der Waals surface area contributed by atoms with Crippen LogP contribution in [0.25, 0.3) is 43.1 Å². The van der Waals surface area contributed by atoms with Gasteiger partial charge in [0.2, 0.25) is 0 Å². The van der Waals surface area contributed by atoms with Crippen LogP contribution in [-0.2, 0) is 0 Å². The van der Waals surface area contributed by atoms with Crippen LogP contribution < -0.4 is 0 Å². The van der Waals surface area contributed by atoms with Crippen molar-refractivity contribution in [1.29, 1.82) is 10.5 Å². The lowest BCUT2D eigenvalue weighted by Crippen LogP contribution is -1.77. The Balaban J connectivity index is 1.85. The van der Waals surface area contributed by atoms with Crippen LogP contribution in [0.3, 0.4) is 0 Å². The Hall–Kier alpha value is -4.82. The minimum absolute atomic E-state index is 0.00738. The lowest BCUT2D eigenvalue weighted by molar-refractivity contribution is 0.572. The summed E-state index contributed by atoms with van der Waals surface area (Å²) in [4.78, 5) is 8.19. The van der Waals surface area contributed by atoms with Gasteiger partial charge in [-0.25, -0.2) is 20.2 Å². The molecule has 0 unspecified atom stereocenters. The summed E-state index contributed by atoms with van der Waals surface area (Å²) in [6.07, 6.45) is 9.51. The van der Waals surface area contributed by atoms with Gasteiger partial charge in [-0.2, -0.15) is 0 Å². The Labute approximate surface area is 195 Å². The van der Waals surface area contributed by atoms with Crippen LogP contribution in [-0.4, -0.2) is 0 Å². The summed E-state index contributed by atoms with van der Waals surface area (Å²) < 4.78 is 11.9. The molecule has 0 aliphatic carbocycles. The van der Waals surface area contributed by atoms with Gasteiger partial charge in [0.25, 0.3) is 11.4 Å². The summed E-state index contributed by atoms with van der Waals surface area (Å²) in [5, 5.41) is 17.6. The highest BCUT2D eigenvalue weighted by molar-refractivity contribution is 7.19. The lowest BCUT2D eigenvalue weighted by Gasteiger charge is -1.95. The zero-order chi connectivity index (χ0) is 23.8. The molecule has 0 bridgehead atoms. The van der Waals surface area contributed by atoms with Crippen molar-refractivity contribution in [2.45, 2.75) is 13.8 Å². The molecule has 0 N–H and O–H groups in total. The van der Waals surface area contributed by atoms with E-state index in [0.29, 0.717) is 11.5 Å². The normalized spacial score (nSPS) is 11.9. The molecule has 0 fully saturated rings. The fraction of sp³-hybridized carbons (Fsp3) is 0.0769. The maximum Gasteiger partial charge on any atom is 0.261 e. The van der Waals surface area contributed by atoms with E-state index in [4.69, 9.17) is 32.5 Å². The first-order valence-electron chi connectivity index (χ1n) is 9.63. The minimum Gasteiger partial charge on any atom is -0.456 e. The molecule has 6 nitrogen and oxygen atoms in total. The largest absolute Gasteiger partial charge is 0.456 e. The van der Waals surface area contributed by atoms with Crippen LogP contribution in [0.15, 0.2) is 68.8 Å². The molecule has 0 spiro atoms. The molecule has 0 saturated carbocycles. The third-order valence-corrected chi connectivity index (χ3v) is 6.07. The zero-order valence-electron chi connectivity index (χ0n) is 17.8. The van der Waals surface area contributed by atoms with E-state index in [-0.39, 0.29) is 11.4 Å². The number of hydrogen-bond acceptors (Lipinski definition) is 5. The highest BCUT2D eigenvalue weighted by Crippen LogP contribution is 2.42. The maximum absolute atomic E-state index is 8.79. The average Bonchev–Trinajstić information content (AvgIpc) is 3.55. The average molecular weight is 449 g/mol. The molecular formula is C26H16N4O2S. The molecule has 0 saturated heterocycles. The van der Waals surface area contributed by atoms with Crippen LogP contribution in [0.2, 0.25) is 0 Å². The van der Waals surface area contributed by atoms with Gasteiger partial charge in [-0.05, 0) is 73.5 Å². The van der Waals surface area contributed by atoms with E-state index >= 15 is 0 Å². The second-order valence-corrected chi connectivity index (χ2v) is 7.70. The fourth-order valence-corrected chi connectivity index (χ4v) is 4.10. The molecule has 33 heavy (non-hydrogen) atoms. The Kier molecular flexibility index (Phi) is 7.25. The fourth-order valence-electron chi connectivity index (χ4n) is 2.86. The predicted molar refractivity (Wildman–Crippen MR) is 128 cm³/mol. The Bertz CT molecular complexity index is 1340. The van der Waals surface area contributed by atoms with Crippen LogP contribution in [0.5, 0.6) is 0 Å². The van der Waals surface area contributed by atoms with Crippen molar-refractivity contribution < 1.29 is 8.83 Å². The van der Waals surface area contributed by atoms with Crippen LogP contribution >= 0.6 is 11.3 Å². The third kappa shape index (κ3) is 5.27. The van der Waals surface area contributed by atoms with Gasteiger partial charge in [-0.15, -0.1) is 11.3 Å². The molecule has 158 valence electrons. The molecule has 0 aliphatic rings. The van der Waals surface area contributed by atoms with E-state index in [1.807, 2.05) is 50.3 Å². The van der Waals surface area contributed by atoms with Crippen molar-refractivity contribution in [3.63, 3.8) is 0 Å². The highest BCUT2D eigenvalue weighted by Gasteiger charge is 2.18. The molecule has 3 aromatic heterocycles. The molecule has 0 radical (unpaired) electrons. The van der Waals surface area contributed by atoms with E-state index in [1.165, 1.54) is 12.2 Å². The van der Waals surface area contributed by atoms with Crippen molar-refractivity contribution in [3.8, 4) is 33.4 Å². The van der Waals surface area contributed by atoms with E-state index < -0.39 is 0 Å². The first-order valence-corrected chi connectivity index (χ1v) is 10.4. The number of nitriles is 2. The van der Waals surface area contributed by atoms with Crippen molar-refractivity contribution in [1.82, 2.24) is 0 Å². The summed E-state index contributed by atoms with van der Waals surface area (Å²) in [6, 6.07) is 11.1. The van der Waals surface area contributed by atoms with Crippen LogP contribution in [0.4, 0.5) is 0 Å². The van der Waals surface area contributed by atoms with E-state index in [0.717, 1.165) is 32.4 Å². The number of nitrogens with zero attached hydrogens (tertiary/aromatic N) is 4. The number of furan rings is 2. The number of rotatable bonds is 6. The first kappa shape index (κ1) is 22.9. The Morgan fingerprint density at radius 1 is 0.818 bits per heavy atom. The van der Waals surface area contributed by atoms with Gasteiger partial charge in [0.1, 0.15) is 23.0 Å². The van der Waals surface area contributed by atoms with E-state index in [2.05, 4.69) is 9.69 Å². The third-order valence-electron chi connectivity index (χ3n) is 4.65. The molecule has 7 heteroatoms. The molecule has 3 aromatic rings. The summed E-state index contributed by atoms with van der Waals surface area (Å²) in [6.45, 7) is 17.8. The lowest BCUT2D eigenvalue weighted by atomic mass is 10.1. The highest BCUT2D eigenvalue weighted by atomic mass is 32.1. The van der Waals surface area contributed by atoms with Crippen LogP contribution in [0.1, 0.15) is 22.6 Å². The second kappa shape index (κ2) is 10.5. The van der Waals surface area contributed by atoms with Gasteiger partial charge in [-0.3, -0.25) is 0 Å². The van der Waals surface area contributed by atoms with Crippen molar-refractivity contribution in [2.75, 3.05) is 0 Å². The quantitative estimate of drug-likeness (QED) is 0.221. The standard InChI is InChI=1S/C26H16N4O2S/c1-17-18(2)26(24-14-12-22(32-24)10-6-8-20(16-28)30-4)33-25(17)23-13-11-21(31-23)9-5-7-19(15-27)29-3/h5-14H,1-2H3/b9-5+,10-6+,19-7-,20-8+.